The molecule has 2 amide bonds. The summed E-state index contributed by atoms with van der Waals surface area (Å²) in [5, 5.41) is 2.82. The minimum Gasteiger partial charge on any atom is -0.334 e. The number of nitrogens with one attached hydrogen (secondary N) is 1. The van der Waals surface area contributed by atoms with Gasteiger partial charge in [0.05, 0.1) is 11.4 Å². The van der Waals surface area contributed by atoms with Gasteiger partial charge in [-0.3, -0.25) is 9.59 Å². The first-order valence-electron chi connectivity index (χ1n) is 6.77. The van der Waals surface area contributed by atoms with E-state index >= 15 is 0 Å². The van der Waals surface area contributed by atoms with Gasteiger partial charge in [-0.05, 0) is 31.0 Å². The zero-order chi connectivity index (χ0) is 14.1. The van der Waals surface area contributed by atoms with Gasteiger partial charge in [-0.25, -0.2) is 0 Å². The zero-order valence-corrected chi connectivity index (χ0v) is 13.1. The van der Waals surface area contributed by atoms with Crippen LogP contribution in [0.5, 0.6) is 0 Å². The molecule has 1 aromatic carbocycles. The number of amides is 2. The lowest BCUT2D eigenvalue weighted by Gasteiger charge is -2.24. The highest BCUT2D eigenvalue weighted by atomic mass is 35.5. The van der Waals surface area contributed by atoms with E-state index in [2.05, 4.69) is 5.32 Å². The number of hydrogen-bond donors (Lipinski definition) is 2. The van der Waals surface area contributed by atoms with Gasteiger partial charge < -0.3 is 16.0 Å². The van der Waals surface area contributed by atoms with Gasteiger partial charge in [-0.2, -0.15) is 0 Å². The molecule has 0 radical (unpaired) electrons. The van der Waals surface area contributed by atoms with Gasteiger partial charge in [0.2, 0.25) is 5.91 Å². The van der Waals surface area contributed by atoms with Crippen LogP contribution in [0.1, 0.15) is 23.2 Å². The molecule has 0 aromatic heterocycles. The van der Waals surface area contributed by atoms with Crippen molar-refractivity contribution in [1.82, 2.24) is 4.90 Å². The molecule has 3 rings (SSSR count). The van der Waals surface area contributed by atoms with Crippen molar-refractivity contribution in [2.75, 3.05) is 24.2 Å². The van der Waals surface area contributed by atoms with E-state index in [0.717, 1.165) is 30.0 Å². The molecule has 3 N–H and O–H groups in total. The average molecular weight is 328 g/mol. The van der Waals surface area contributed by atoms with Gasteiger partial charge in [-0.15, -0.1) is 24.2 Å². The summed E-state index contributed by atoms with van der Waals surface area (Å²) in [4.78, 5) is 26.8. The van der Waals surface area contributed by atoms with Crippen LogP contribution in [0.25, 0.3) is 0 Å². The van der Waals surface area contributed by atoms with Crippen molar-refractivity contribution in [3.05, 3.63) is 23.8 Å². The molecule has 2 aliphatic rings. The lowest BCUT2D eigenvalue weighted by Crippen LogP contribution is -2.39. The fourth-order valence-electron chi connectivity index (χ4n) is 2.73. The van der Waals surface area contributed by atoms with E-state index in [0.29, 0.717) is 17.9 Å². The molecule has 0 saturated carbocycles. The molecule has 1 saturated heterocycles. The topological polar surface area (TPSA) is 75.4 Å². The Hall–Kier alpha value is -1.24. The number of carbonyl (C=O) groups is 2. The second-order valence-corrected chi connectivity index (χ2v) is 6.10. The maximum Gasteiger partial charge on any atom is 0.254 e. The normalized spacial score (nSPS) is 20.5. The van der Waals surface area contributed by atoms with E-state index in [4.69, 9.17) is 5.73 Å². The Kier molecular flexibility index (Phi) is 5.13. The maximum atomic E-state index is 12.5. The van der Waals surface area contributed by atoms with Crippen LogP contribution in [0.4, 0.5) is 5.69 Å². The number of fused-ring (bicyclic) bond motifs is 1. The van der Waals surface area contributed by atoms with Crippen LogP contribution in [0.3, 0.4) is 0 Å². The average Bonchev–Trinajstić information content (AvgIpc) is 2.94. The molecule has 0 bridgehead atoms. The van der Waals surface area contributed by atoms with Crippen LogP contribution in [-0.4, -0.2) is 41.6 Å². The summed E-state index contributed by atoms with van der Waals surface area (Å²) in [6.07, 6.45) is 1.98. The minimum atomic E-state index is -0.0203. The monoisotopic (exact) mass is 327 g/mol. The number of likely N-dealkylation sites (tertiary alicyclic amines) is 1. The molecule has 7 heteroatoms. The van der Waals surface area contributed by atoms with Crippen LogP contribution < -0.4 is 11.1 Å². The van der Waals surface area contributed by atoms with Gasteiger partial charge in [0.25, 0.3) is 5.91 Å². The fourth-order valence-corrected chi connectivity index (χ4v) is 3.52. The van der Waals surface area contributed by atoms with Gasteiger partial charge >= 0.3 is 0 Å². The second kappa shape index (κ2) is 6.68. The third-order valence-corrected chi connectivity index (χ3v) is 4.84. The van der Waals surface area contributed by atoms with E-state index in [1.54, 1.807) is 6.07 Å². The summed E-state index contributed by atoms with van der Waals surface area (Å²) in [5.74, 6) is 0.417. The molecule has 1 atom stereocenters. The van der Waals surface area contributed by atoms with Gasteiger partial charge in [0, 0.05) is 29.6 Å². The highest BCUT2D eigenvalue weighted by Gasteiger charge is 2.29. The lowest BCUT2D eigenvalue weighted by molar-refractivity contribution is -0.113. The van der Waals surface area contributed by atoms with E-state index < -0.39 is 0 Å². The predicted molar refractivity (Wildman–Crippen MR) is 86.2 cm³/mol. The van der Waals surface area contributed by atoms with Crippen LogP contribution in [0.2, 0.25) is 0 Å². The Labute approximate surface area is 134 Å². The Morgan fingerprint density at radius 1 is 1.48 bits per heavy atom. The number of thioether (sulfide) groups is 1. The molecular weight excluding hydrogens is 310 g/mol. The maximum absolute atomic E-state index is 12.5. The Morgan fingerprint density at radius 3 is 3.05 bits per heavy atom. The number of hydrogen-bond acceptors (Lipinski definition) is 4. The first-order chi connectivity index (χ1) is 9.69. The second-order valence-electron chi connectivity index (χ2n) is 5.08. The molecule has 114 valence electrons. The van der Waals surface area contributed by atoms with E-state index in [-0.39, 0.29) is 30.3 Å². The summed E-state index contributed by atoms with van der Waals surface area (Å²) in [6.45, 7) is 1.27. The fraction of sp³-hybridized carbons (Fsp3) is 0.429. The number of halogens is 1. The minimum absolute atomic E-state index is 0. The molecule has 1 unspecified atom stereocenters. The highest BCUT2D eigenvalue weighted by Crippen LogP contribution is 2.32. The molecule has 21 heavy (non-hydrogen) atoms. The van der Waals surface area contributed by atoms with Crippen LogP contribution in [0.15, 0.2) is 23.1 Å². The van der Waals surface area contributed by atoms with Crippen molar-refractivity contribution in [1.29, 1.82) is 0 Å². The summed E-state index contributed by atoms with van der Waals surface area (Å²) < 4.78 is 0. The third-order valence-electron chi connectivity index (χ3n) is 3.77. The SMILES string of the molecule is Cl.NCC1CCCN1C(=O)c1ccc2c(c1)NC(=O)CS2. The Bertz CT molecular complexity index is 567. The third kappa shape index (κ3) is 3.17. The lowest BCUT2D eigenvalue weighted by atomic mass is 10.1. The number of benzene rings is 1. The molecule has 0 spiro atoms. The van der Waals surface area contributed by atoms with Gasteiger partial charge in [-0.1, -0.05) is 0 Å². The number of nitrogens with zero attached hydrogens (tertiary/aromatic N) is 1. The number of anilines is 1. The van der Waals surface area contributed by atoms with E-state index in [9.17, 15) is 9.59 Å². The van der Waals surface area contributed by atoms with Gasteiger partial charge in [0.15, 0.2) is 0 Å². The number of nitrogens with two attached hydrogens (primary N) is 1. The molecule has 1 fully saturated rings. The van der Waals surface area contributed by atoms with Crippen molar-refractivity contribution >= 4 is 41.7 Å². The molecule has 2 aliphatic heterocycles. The van der Waals surface area contributed by atoms with Crippen molar-refractivity contribution in [2.24, 2.45) is 5.73 Å². The van der Waals surface area contributed by atoms with Gasteiger partial charge in [0.1, 0.15) is 0 Å². The summed E-state index contributed by atoms with van der Waals surface area (Å²) in [7, 11) is 0. The first-order valence-corrected chi connectivity index (χ1v) is 7.75. The Morgan fingerprint density at radius 2 is 2.29 bits per heavy atom. The first kappa shape index (κ1) is 16.1. The quantitative estimate of drug-likeness (QED) is 0.867. The zero-order valence-electron chi connectivity index (χ0n) is 11.5. The van der Waals surface area contributed by atoms with Crippen LogP contribution in [0, 0.1) is 0 Å². The summed E-state index contributed by atoms with van der Waals surface area (Å²) in [6, 6.07) is 5.65. The van der Waals surface area contributed by atoms with Crippen LogP contribution >= 0.6 is 24.2 Å². The summed E-state index contributed by atoms with van der Waals surface area (Å²) in [5.41, 5.74) is 7.07. The predicted octanol–water partition coefficient (Wildman–Crippen LogP) is 1.72. The molecular formula is C14H18ClN3O2S. The van der Waals surface area contributed by atoms with Crippen molar-refractivity contribution < 1.29 is 9.59 Å². The van der Waals surface area contributed by atoms with E-state index in [1.165, 1.54) is 11.8 Å². The Balaban J connectivity index is 0.00000161. The van der Waals surface area contributed by atoms with Crippen LogP contribution in [-0.2, 0) is 4.79 Å². The standard InChI is InChI=1S/C14H17N3O2S.ClH/c15-7-10-2-1-5-17(10)14(19)9-3-4-12-11(6-9)16-13(18)8-20-12;/h3-4,6,10H,1-2,5,7-8,15H2,(H,16,18);1H. The molecule has 0 aliphatic carbocycles. The number of rotatable bonds is 2. The van der Waals surface area contributed by atoms with Crippen molar-refractivity contribution in [3.8, 4) is 0 Å². The molecule has 2 heterocycles. The smallest absolute Gasteiger partial charge is 0.254 e. The largest absolute Gasteiger partial charge is 0.334 e. The number of carbonyl (C=O) groups excluding carboxylic acids is 2. The molecule has 1 aromatic rings. The van der Waals surface area contributed by atoms with Crippen molar-refractivity contribution in [3.63, 3.8) is 0 Å². The van der Waals surface area contributed by atoms with Crippen molar-refractivity contribution in [2.45, 2.75) is 23.8 Å². The highest BCUT2D eigenvalue weighted by molar-refractivity contribution is 8.00. The molecule has 5 nitrogen and oxygen atoms in total. The van der Waals surface area contributed by atoms with E-state index in [1.807, 2.05) is 17.0 Å². The summed E-state index contributed by atoms with van der Waals surface area (Å²) >= 11 is 1.50.